The third-order valence-electron chi connectivity index (χ3n) is 5.64. The lowest BCUT2D eigenvalue weighted by Gasteiger charge is -2.40. The van der Waals surface area contributed by atoms with E-state index in [0.717, 1.165) is 22.5 Å². The molecule has 0 unspecified atom stereocenters. The Hall–Kier alpha value is -4.01. The molecule has 33 heavy (non-hydrogen) atoms. The van der Waals surface area contributed by atoms with Gasteiger partial charge in [-0.05, 0) is 38.1 Å². The minimum Gasteiger partial charge on any atom is -0.487 e. The standard InChI is InChI=1S/C24H22FN5O3/c1-15-6-7-17(10-26-15)24-22(16(2)33-28-24)14-30-23(31)9-19(11-27-30)29-12-21(13-29)32-20-5-3-4-18(25)8-20/h3-11,21H,12-14H2,1-2H3. The topological polar surface area (TPSA) is 86.3 Å². The highest BCUT2D eigenvalue weighted by atomic mass is 19.1. The quantitative estimate of drug-likeness (QED) is 0.448. The van der Waals surface area contributed by atoms with Crippen LogP contribution in [0.15, 0.2) is 64.2 Å². The second-order valence-corrected chi connectivity index (χ2v) is 8.07. The summed E-state index contributed by atoms with van der Waals surface area (Å²) >= 11 is 0. The molecule has 168 valence electrons. The number of aromatic nitrogens is 4. The summed E-state index contributed by atoms with van der Waals surface area (Å²) < 4.78 is 25.9. The van der Waals surface area contributed by atoms with E-state index in [1.165, 1.54) is 16.8 Å². The number of hydrogen-bond acceptors (Lipinski definition) is 7. The van der Waals surface area contributed by atoms with E-state index < -0.39 is 0 Å². The van der Waals surface area contributed by atoms with Crippen molar-refractivity contribution in [3.8, 4) is 17.0 Å². The molecule has 1 fully saturated rings. The summed E-state index contributed by atoms with van der Waals surface area (Å²) in [5, 5.41) is 8.51. The van der Waals surface area contributed by atoms with E-state index in [1.807, 2.05) is 30.9 Å². The molecule has 1 aliphatic rings. The van der Waals surface area contributed by atoms with Gasteiger partial charge in [-0.3, -0.25) is 9.78 Å². The van der Waals surface area contributed by atoms with E-state index in [1.54, 1.807) is 30.6 Å². The van der Waals surface area contributed by atoms with Crippen LogP contribution in [0.4, 0.5) is 10.1 Å². The van der Waals surface area contributed by atoms with Crippen molar-refractivity contribution < 1.29 is 13.7 Å². The molecular weight excluding hydrogens is 425 g/mol. The summed E-state index contributed by atoms with van der Waals surface area (Å²) in [5.74, 6) is 0.793. The molecule has 0 amide bonds. The number of hydrogen-bond donors (Lipinski definition) is 0. The van der Waals surface area contributed by atoms with Crippen LogP contribution in [0.2, 0.25) is 0 Å². The highest BCUT2D eigenvalue weighted by Crippen LogP contribution is 2.26. The minimum absolute atomic E-state index is 0.0698. The van der Waals surface area contributed by atoms with Gasteiger partial charge < -0.3 is 14.2 Å². The van der Waals surface area contributed by atoms with Crippen LogP contribution in [0.5, 0.6) is 5.75 Å². The van der Waals surface area contributed by atoms with Crippen molar-refractivity contribution in [1.82, 2.24) is 19.9 Å². The number of halogens is 1. The van der Waals surface area contributed by atoms with Gasteiger partial charge >= 0.3 is 0 Å². The van der Waals surface area contributed by atoms with Crippen LogP contribution in [-0.4, -0.2) is 39.1 Å². The molecule has 5 rings (SSSR count). The Balaban J connectivity index is 1.28. The first-order valence-electron chi connectivity index (χ1n) is 10.6. The van der Waals surface area contributed by atoms with Crippen molar-refractivity contribution in [3.05, 3.63) is 88.0 Å². The number of nitrogens with zero attached hydrogens (tertiary/aromatic N) is 5. The van der Waals surface area contributed by atoms with Crippen LogP contribution in [0.1, 0.15) is 17.0 Å². The third-order valence-corrected chi connectivity index (χ3v) is 5.64. The molecule has 0 N–H and O–H groups in total. The highest BCUT2D eigenvalue weighted by molar-refractivity contribution is 5.62. The van der Waals surface area contributed by atoms with Gasteiger partial charge in [0.1, 0.15) is 29.1 Å². The van der Waals surface area contributed by atoms with Crippen LogP contribution in [0, 0.1) is 19.7 Å². The van der Waals surface area contributed by atoms with Gasteiger partial charge in [-0.2, -0.15) is 5.10 Å². The van der Waals surface area contributed by atoms with Crippen molar-refractivity contribution in [1.29, 1.82) is 0 Å². The Morgan fingerprint density at radius 3 is 2.73 bits per heavy atom. The fourth-order valence-electron chi connectivity index (χ4n) is 3.73. The van der Waals surface area contributed by atoms with Crippen molar-refractivity contribution in [2.75, 3.05) is 18.0 Å². The van der Waals surface area contributed by atoms with Gasteiger partial charge in [-0.15, -0.1) is 0 Å². The summed E-state index contributed by atoms with van der Waals surface area (Å²) in [6.45, 7) is 5.15. The summed E-state index contributed by atoms with van der Waals surface area (Å²) in [4.78, 5) is 19.1. The van der Waals surface area contributed by atoms with E-state index in [4.69, 9.17) is 9.26 Å². The van der Waals surface area contributed by atoms with Gasteiger partial charge in [0, 0.05) is 35.2 Å². The average Bonchev–Trinajstić information content (AvgIpc) is 3.13. The van der Waals surface area contributed by atoms with E-state index in [0.29, 0.717) is 30.3 Å². The molecule has 0 aliphatic carbocycles. The Kier molecular flexibility index (Phi) is 5.37. The molecule has 0 spiro atoms. The fourth-order valence-corrected chi connectivity index (χ4v) is 3.73. The predicted octanol–water partition coefficient (Wildman–Crippen LogP) is 3.37. The highest BCUT2D eigenvalue weighted by Gasteiger charge is 2.29. The first-order chi connectivity index (χ1) is 16.0. The van der Waals surface area contributed by atoms with Crippen molar-refractivity contribution in [3.63, 3.8) is 0 Å². The molecule has 1 aliphatic heterocycles. The van der Waals surface area contributed by atoms with E-state index in [-0.39, 0.29) is 24.0 Å². The molecular formula is C24H22FN5O3. The zero-order valence-electron chi connectivity index (χ0n) is 18.2. The number of benzene rings is 1. The van der Waals surface area contributed by atoms with Crippen molar-refractivity contribution in [2.24, 2.45) is 0 Å². The third kappa shape index (κ3) is 4.34. The van der Waals surface area contributed by atoms with Crippen molar-refractivity contribution in [2.45, 2.75) is 26.5 Å². The maximum Gasteiger partial charge on any atom is 0.269 e. The molecule has 0 radical (unpaired) electrons. The summed E-state index contributed by atoms with van der Waals surface area (Å²) in [6.07, 6.45) is 3.33. The van der Waals surface area contributed by atoms with Crippen LogP contribution in [-0.2, 0) is 6.54 Å². The summed E-state index contributed by atoms with van der Waals surface area (Å²) in [6, 6.07) is 11.5. The lowest BCUT2D eigenvalue weighted by Crippen LogP contribution is -2.54. The lowest BCUT2D eigenvalue weighted by molar-refractivity contribution is 0.167. The zero-order valence-corrected chi connectivity index (χ0v) is 18.2. The zero-order chi connectivity index (χ0) is 22.9. The second-order valence-electron chi connectivity index (χ2n) is 8.07. The number of rotatable bonds is 6. The first kappa shape index (κ1) is 20.9. The summed E-state index contributed by atoms with van der Waals surface area (Å²) in [7, 11) is 0. The molecule has 0 bridgehead atoms. The minimum atomic E-state index is -0.332. The molecule has 1 saturated heterocycles. The van der Waals surface area contributed by atoms with Gasteiger partial charge in [-0.25, -0.2) is 9.07 Å². The number of ether oxygens (including phenoxy) is 1. The molecule has 1 aromatic carbocycles. The van der Waals surface area contributed by atoms with E-state index >= 15 is 0 Å². The van der Waals surface area contributed by atoms with Gasteiger partial charge in [0.05, 0.1) is 31.5 Å². The van der Waals surface area contributed by atoms with Gasteiger partial charge in [0.15, 0.2) is 0 Å². The monoisotopic (exact) mass is 447 g/mol. The van der Waals surface area contributed by atoms with Gasteiger partial charge in [0.2, 0.25) is 0 Å². The first-order valence-corrected chi connectivity index (χ1v) is 10.6. The van der Waals surface area contributed by atoms with Crippen LogP contribution in [0.3, 0.4) is 0 Å². The van der Waals surface area contributed by atoms with Crippen LogP contribution >= 0.6 is 0 Å². The average molecular weight is 447 g/mol. The maximum atomic E-state index is 13.3. The molecule has 4 aromatic rings. The molecule has 0 atom stereocenters. The Bertz CT molecular complexity index is 1340. The predicted molar refractivity (Wildman–Crippen MR) is 120 cm³/mol. The second kappa shape index (κ2) is 8.50. The number of anilines is 1. The Labute approximate surface area is 189 Å². The van der Waals surface area contributed by atoms with Gasteiger partial charge in [-0.1, -0.05) is 11.2 Å². The smallest absolute Gasteiger partial charge is 0.269 e. The lowest BCUT2D eigenvalue weighted by atomic mass is 10.1. The largest absolute Gasteiger partial charge is 0.487 e. The van der Waals surface area contributed by atoms with Crippen molar-refractivity contribution >= 4 is 5.69 Å². The van der Waals surface area contributed by atoms with Gasteiger partial charge in [0.25, 0.3) is 5.56 Å². The van der Waals surface area contributed by atoms with Crippen LogP contribution < -0.4 is 15.2 Å². The van der Waals surface area contributed by atoms with E-state index in [2.05, 4.69) is 15.2 Å². The molecule has 3 aromatic heterocycles. The summed E-state index contributed by atoms with van der Waals surface area (Å²) in [5.41, 5.74) is 3.66. The number of pyridine rings is 1. The Morgan fingerprint density at radius 1 is 1.15 bits per heavy atom. The molecule has 9 heteroatoms. The normalized spacial score (nSPS) is 13.7. The molecule has 8 nitrogen and oxygen atoms in total. The fraction of sp³-hybridized carbons (Fsp3) is 0.250. The SMILES string of the molecule is Cc1ccc(-c2noc(C)c2Cn2ncc(N3CC(Oc4cccc(F)c4)C3)cc2=O)cn1. The molecule has 0 saturated carbocycles. The van der Waals surface area contributed by atoms with E-state index in [9.17, 15) is 9.18 Å². The molecule has 4 heterocycles. The number of aryl methyl sites for hydroxylation is 2. The maximum absolute atomic E-state index is 13.3. The van der Waals surface area contributed by atoms with Crippen LogP contribution in [0.25, 0.3) is 11.3 Å². The Morgan fingerprint density at radius 2 is 2.00 bits per heavy atom.